The highest BCUT2D eigenvalue weighted by Gasteiger charge is 2.07. The molecular formula is C12H12N4O3S2. The molecule has 0 saturated heterocycles. The number of hydrogen-bond donors (Lipinski definition) is 1. The van der Waals surface area contributed by atoms with Crippen LogP contribution in [0.2, 0.25) is 0 Å². The van der Waals surface area contributed by atoms with E-state index in [9.17, 15) is 14.9 Å². The molecule has 1 N–H and O–H groups in total. The first-order valence-corrected chi connectivity index (χ1v) is 7.93. The van der Waals surface area contributed by atoms with Gasteiger partial charge in [-0.25, -0.2) is 0 Å². The molecule has 1 aromatic carbocycles. The van der Waals surface area contributed by atoms with Gasteiger partial charge in [0.05, 0.1) is 10.7 Å². The Hall–Kier alpha value is -2.00. The normalized spacial score (nSPS) is 10.3. The van der Waals surface area contributed by atoms with Crippen molar-refractivity contribution in [2.45, 2.75) is 12.7 Å². The van der Waals surface area contributed by atoms with E-state index in [1.54, 1.807) is 12.1 Å². The summed E-state index contributed by atoms with van der Waals surface area (Å²) in [6.07, 6.45) is 0. The Labute approximate surface area is 128 Å². The molecule has 0 fully saturated rings. The summed E-state index contributed by atoms with van der Waals surface area (Å²) in [4.78, 5) is 21.8. The average molecular weight is 324 g/mol. The van der Waals surface area contributed by atoms with Crippen LogP contribution in [0.1, 0.15) is 10.6 Å². The topological polar surface area (TPSA) is 98.0 Å². The predicted molar refractivity (Wildman–Crippen MR) is 82.5 cm³/mol. The Bertz CT molecular complexity index is 642. The molecular weight excluding hydrogens is 312 g/mol. The van der Waals surface area contributed by atoms with Crippen molar-refractivity contribution in [1.29, 1.82) is 0 Å². The number of benzene rings is 1. The Balaban J connectivity index is 1.76. The summed E-state index contributed by atoms with van der Waals surface area (Å²) in [7, 11) is 0. The lowest BCUT2D eigenvalue weighted by Crippen LogP contribution is -2.13. The maximum absolute atomic E-state index is 11.7. The standard InChI is InChI=1S/C12H12N4O3S2/c1-8-14-15-12(21-8)13-11(17)7-20-6-9-2-4-10(5-3-9)16(18)19/h2-5H,6-7H2,1H3,(H,13,15,17). The van der Waals surface area contributed by atoms with Gasteiger partial charge in [-0.2, -0.15) is 0 Å². The number of nitro groups is 1. The predicted octanol–water partition coefficient (Wildman–Crippen LogP) is 2.63. The van der Waals surface area contributed by atoms with Crippen molar-refractivity contribution in [3.05, 3.63) is 45.0 Å². The van der Waals surface area contributed by atoms with Gasteiger partial charge in [0.25, 0.3) is 5.69 Å². The third kappa shape index (κ3) is 4.80. The second-order valence-corrected chi connectivity index (χ2v) is 6.26. The number of nitro benzene ring substituents is 1. The molecule has 2 aromatic rings. The van der Waals surface area contributed by atoms with E-state index in [0.29, 0.717) is 10.9 Å². The van der Waals surface area contributed by atoms with Gasteiger partial charge in [0.2, 0.25) is 11.0 Å². The number of amides is 1. The van der Waals surface area contributed by atoms with Crippen molar-refractivity contribution < 1.29 is 9.72 Å². The fourth-order valence-electron chi connectivity index (χ4n) is 1.48. The van der Waals surface area contributed by atoms with E-state index >= 15 is 0 Å². The minimum absolute atomic E-state index is 0.0631. The van der Waals surface area contributed by atoms with Crippen molar-refractivity contribution in [2.75, 3.05) is 11.1 Å². The molecule has 21 heavy (non-hydrogen) atoms. The van der Waals surface area contributed by atoms with Crippen LogP contribution < -0.4 is 5.32 Å². The van der Waals surface area contributed by atoms with Crippen molar-refractivity contribution in [3.63, 3.8) is 0 Å². The van der Waals surface area contributed by atoms with E-state index in [1.165, 1.54) is 35.2 Å². The summed E-state index contributed by atoms with van der Waals surface area (Å²) in [6, 6.07) is 6.30. The molecule has 0 aliphatic heterocycles. The van der Waals surface area contributed by atoms with Gasteiger partial charge in [-0.1, -0.05) is 23.5 Å². The lowest BCUT2D eigenvalue weighted by atomic mass is 10.2. The van der Waals surface area contributed by atoms with Gasteiger partial charge in [-0.15, -0.1) is 22.0 Å². The molecule has 0 saturated carbocycles. The highest BCUT2D eigenvalue weighted by molar-refractivity contribution is 7.99. The number of hydrogen-bond acceptors (Lipinski definition) is 7. The van der Waals surface area contributed by atoms with Gasteiger partial charge < -0.3 is 0 Å². The Kier molecular flexibility index (Phi) is 5.23. The Morgan fingerprint density at radius 3 is 2.67 bits per heavy atom. The molecule has 0 unspecified atom stereocenters. The molecule has 110 valence electrons. The van der Waals surface area contributed by atoms with Gasteiger partial charge >= 0.3 is 0 Å². The minimum atomic E-state index is -0.436. The number of nitrogens with zero attached hydrogens (tertiary/aromatic N) is 3. The van der Waals surface area contributed by atoms with Crippen molar-refractivity contribution in [3.8, 4) is 0 Å². The number of non-ortho nitro benzene ring substituents is 1. The largest absolute Gasteiger partial charge is 0.300 e. The SMILES string of the molecule is Cc1nnc(NC(=O)CSCc2ccc([N+](=O)[O-])cc2)s1. The maximum Gasteiger partial charge on any atom is 0.269 e. The lowest BCUT2D eigenvalue weighted by Gasteiger charge is -2.02. The van der Waals surface area contributed by atoms with E-state index in [2.05, 4.69) is 15.5 Å². The fraction of sp³-hybridized carbons (Fsp3) is 0.250. The van der Waals surface area contributed by atoms with E-state index in [0.717, 1.165) is 10.6 Å². The number of rotatable bonds is 6. The van der Waals surface area contributed by atoms with Crippen molar-refractivity contribution >= 4 is 39.8 Å². The van der Waals surface area contributed by atoms with E-state index in [-0.39, 0.29) is 17.3 Å². The summed E-state index contributed by atoms with van der Waals surface area (Å²) < 4.78 is 0. The molecule has 7 nitrogen and oxygen atoms in total. The number of nitrogens with one attached hydrogen (secondary N) is 1. The Morgan fingerprint density at radius 2 is 2.10 bits per heavy atom. The zero-order chi connectivity index (χ0) is 15.2. The third-order valence-electron chi connectivity index (χ3n) is 2.42. The van der Waals surface area contributed by atoms with Gasteiger partial charge in [0.15, 0.2) is 0 Å². The van der Waals surface area contributed by atoms with Gasteiger partial charge in [0.1, 0.15) is 5.01 Å². The van der Waals surface area contributed by atoms with Crippen LogP contribution in [0.3, 0.4) is 0 Å². The Morgan fingerprint density at radius 1 is 1.38 bits per heavy atom. The summed E-state index contributed by atoms with van der Waals surface area (Å²) >= 11 is 2.75. The van der Waals surface area contributed by atoms with Gasteiger partial charge in [-0.05, 0) is 12.5 Å². The molecule has 0 spiro atoms. The summed E-state index contributed by atoms with van der Waals surface area (Å²) in [5, 5.41) is 22.1. The molecule has 9 heteroatoms. The average Bonchev–Trinajstić information content (AvgIpc) is 2.84. The smallest absolute Gasteiger partial charge is 0.269 e. The van der Waals surface area contributed by atoms with Gasteiger partial charge in [0, 0.05) is 17.9 Å². The molecule has 2 rings (SSSR count). The third-order valence-corrected chi connectivity index (χ3v) is 4.18. The molecule has 1 heterocycles. The van der Waals surface area contributed by atoms with Crippen LogP contribution in [0.5, 0.6) is 0 Å². The molecule has 1 aromatic heterocycles. The van der Waals surface area contributed by atoms with Crippen LogP contribution in [-0.4, -0.2) is 26.8 Å². The number of aromatic nitrogens is 2. The zero-order valence-electron chi connectivity index (χ0n) is 11.1. The number of aryl methyl sites for hydroxylation is 1. The lowest BCUT2D eigenvalue weighted by molar-refractivity contribution is -0.384. The van der Waals surface area contributed by atoms with Gasteiger partial charge in [-0.3, -0.25) is 20.2 Å². The number of thioether (sulfide) groups is 1. The van der Waals surface area contributed by atoms with Crippen LogP contribution >= 0.6 is 23.1 Å². The second-order valence-electron chi connectivity index (χ2n) is 4.09. The molecule has 0 aliphatic rings. The maximum atomic E-state index is 11.7. The van der Waals surface area contributed by atoms with Crippen LogP contribution in [0.4, 0.5) is 10.8 Å². The van der Waals surface area contributed by atoms with E-state index in [1.807, 2.05) is 6.92 Å². The molecule has 1 amide bonds. The monoisotopic (exact) mass is 324 g/mol. The number of carbonyl (C=O) groups is 1. The highest BCUT2D eigenvalue weighted by Crippen LogP contribution is 2.18. The second kappa shape index (κ2) is 7.14. The molecule has 0 aliphatic carbocycles. The first-order valence-electron chi connectivity index (χ1n) is 5.95. The first kappa shape index (κ1) is 15.4. The summed E-state index contributed by atoms with van der Waals surface area (Å²) in [5.41, 5.74) is 0.998. The number of anilines is 1. The van der Waals surface area contributed by atoms with E-state index < -0.39 is 4.92 Å². The molecule has 0 atom stereocenters. The van der Waals surface area contributed by atoms with Crippen LogP contribution in [0.25, 0.3) is 0 Å². The minimum Gasteiger partial charge on any atom is -0.300 e. The van der Waals surface area contributed by atoms with E-state index in [4.69, 9.17) is 0 Å². The summed E-state index contributed by atoms with van der Waals surface area (Å²) in [6.45, 7) is 1.82. The molecule has 0 radical (unpaired) electrons. The highest BCUT2D eigenvalue weighted by atomic mass is 32.2. The molecule has 0 bridgehead atoms. The van der Waals surface area contributed by atoms with Crippen LogP contribution in [-0.2, 0) is 10.5 Å². The van der Waals surface area contributed by atoms with Crippen molar-refractivity contribution in [1.82, 2.24) is 10.2 Å². The quantitative estimate of drug-likeness (QED) is 0.648. The van der Waals surface area contributed by atoms with Crippen LogP contribution in [0, 0.1) is 17.0 Å². The first-order chi connectivity index (χ1) is 10.0. The van der Waals surface area contributed by atoms with Crippen LogP contribution in [0.15, 0.2) is 24.3 Å². The zero-order valence-corrected chi connectivity index (χ0v) is 12.7. The fourth-order valence-corrected chi connectivity index (χ4v) is 2.87. The van der Waals surface area contributed by atoms with Crippen molar-refractivity contribution in [2.24, 2.45) is 0 Å². The summed E-state index contributed by atoms with van der Waals surface area (Å²) in [5.74, 6) is 0.758. The number of carbonyl (C=O) groups excluding carboxylic acids is 1.